The number of aromatic hydroxyl groups is 1. The highest BCUT2D eigenvalue weighted by molar-refractivity contribution is 5.95. The SMILES string of the molecule is NCCCN(C(=O)c1cc(F)c(F)c(O)c1F)C1CCC1. The van der Waals surface area contributed by atoms with Gasteiger partial charge in [0.1, 0.15) is 0 Å². The maximum absolute atomic E-state index is 13.8. The Labute approximate surface area is 120 Å². The van der Waals surface area contributed by atoms with Crippen LogP contribution in [0.5, 0.6) is 5.75 Å². The predicted molar refractivity (Wildman–Crippen MR) is 70.3 cm³/mol. The van der Waals surface area contributed by atoms with Gasteiger partial charge < -0.3 is 15.7 Å². The lowest BCUT2D eigenvalue weighted by atomic mass is 9.90. The van der Waals surface area contributed by atoms with Crippen LogP contribution in [0.2, 0.25) is 0 Å². The van der Waals surface area contributed by atoms with Crippen LogP contribution in [0.15, 0.2) is 6.07 Å². The second-order valence-electron chi connectivity index (χ2n) is 5.11. The van der Waals surface area contributed by atoms with E-state index < -0.39 is 34.7 Å². The lowest BCUT2D eigenvalue weighted by Crippen LogP contribution is -2.45. The van der Waals surface area contributed by atoms with Gasteiger partial charge in [-0.3, -0.25) is 4.79 Å². The highest BCUT2D eigenvalue weighted by Crippen LogP contribution is 2.30. The molecule has 1 saturated carbocycles. The fourth-order valence-corrected chi connectivity index (χ4v) is 2.31. The molecule has 1 amide bonds. The molecule has 0 heterocycles. The molecule has 0 radical (unpaired) electrons. The molecule has 0 aromatic heterocycles. The third-order valence-corrected chi connectivity index (χ3v) is 3.74. The molecule has 7 heteroatoms. The summed E-state index contributed by atoms with van der Waals surface area (Å²) in [5.74, 6) is -6.80. The van der Waals surface area contributed by atoms with Crippen molar-refractivity contribution in [3.8, 4) is 5.75 Å². The van der Waals surface area contributed by atoms with Gasteiger partial charge in [0.25, 0.3) is 5.91 Å². The zero-order valence-corrected chi connectivity index (χ0v) is 11.4. The summed E-state index contributed by atoms with van der Waals surface area (Å²) < 4.78 is 40.2. The van der Waals surface area contributed by atoms with Gasteiger partial charge in [-0.25, -0.2) is 8.78 Å². The number of carbonyl (C=O) groups excluding carboxylic acids is 1. The van der Waals surface area contributed by atoms with Crippen LogP contribution >= 0.6 is 0 Å². The Morgan fingerprint density at radius 3 is 2.52 bits per heavy atom. The second-order valence-corrected chi connectivity index (χ2v) is 5.11. The molecule has 3 N–H and O–H groups in total. The molecule has 2 rings (SSSR count). The molecule has 0 unspecified atom stereocenters. The van der Waals surface area contributed by atoms with E-state index in [0.29, 0.717) is 25.6 Å². The summed E-state index contributed by atoms with van der Waals surface area (Å²) in [6.45, 7) is 0.682. The fourth-order valence-electron chi connectivity index (χ4n) is 2.31. The average Bonchev–Trinajstić information content (AvgIpc) is 2.42. The van der Waals surface area contributed by atoms with Crippen molar-refractivity contribution in [1.29, 1.82) is 0 Å². The van der Waals surface area contributed by atoms with E-state index in [1.165, 1.54) is 4.90 Å². The maximum atomic E-state index is 13.8. The van der Waals surface area contributed by atoms with Crippen molar-refractivity contribution in [3.05, 3.63) is 29.1 Å². The zero-order chi connectivity index (χ0) is 15.6. The first-order valence-corrected chi connectivity index (χ1v) is 6.84. The first-order valence-electron chi connectivity index (χ1n) is 6.84. The van der Waals surface area contributed by atoms with Crippen LogP contribution in [0, 0.1) is 17.5 Å². The van der Waals surface area contributed by atoms with E-state index in [1.54, 1.807) is 0 Å². The van der Waals surface area contributed by atoms with Gasteiger partial charge in [0.05, 0.1) is 5.56 Å². The number of nitrogens with two attached hydrogens (primary N) is 1. The minimum Gasteiger partial charge on any atom is -0.503 e. The Hall–Kier alpha value is -1.76. The normalized spacial score (nSPS) is 14.9. The van der Waals surface area contributed by atoms with E-state index in [-0.39, 0.29) is 6.04 Å². The number of benzene rings is 1. The lowest BCUT2D eigenvalue weighted by Gasteiger charge is -2.37. The van der Waals surface area contributed by atoms with Gasteiger partial charge in [-0.15, -0.1) is 0 Å². The fraction of sp³-hybridized carbons (Fsp3) is 0.500. The number of phenols is 1. The smallest absolute Gasteiger partial charge is 0.257 e. The van der Waals surface area contributed by atoms with Crippen LogP contribution < -0.4 is 5.73 Å². The molecule has 1 fully saturated rings. The van der Waals surface area contributed by atoms with Crippen molar-refractivity contribution >= 4 is 5.91 Å². The minimum absolute atomic E-state index is 0.0429. The van der Waals surface area contributed by atoms with Crippen LogP contribution in [0.25, 0.3) is 0 Å². The van der Waals surface area contributed by atoms with Gasteiger partial charge in [-0.1, -0.05) is 0 Å². The number of phenolic OH excluding ortho intramolecular Hbond substituents is 1. The van der Waals surface area contributed by atoms with Gasteiger partial charge in [0.15, 0.2) is 17.4 Å². The van der Waals surface area contributed by atoms with Crippen LogP contribution in [-0.2, 0) is 0 Å². The summed E-state index contributed by atoms with van der Waals surface area (Å²) in [5, 5.41) is 9.20. The molecular formula is C14H17F3N2O2. The highest BCUT2D eigenvalue weighted by Gasteiger charge is 2.32. The number of halogens is 3. The summed E-state index contributed by atoms with van der Waals surface area (Å²) in [6, 6.07) is 0.444. The third kappa shape index (κ3) is 2.97. The zero-order valence-electron chi connectivity index (χ0n) is 11.4. The second kappa shape index (κ2) is 6.34. The van der Waals surface area contributed by atoms with Crippen LogP contribution in [0.1, 0.15) is 36.0 Å². The number of carbonyl (C=O) groups is 1. The largest absolute Gasteiger partial charge is 0.503 e. The number of nitrogens with zero attached hydrogens (tertiary/aromatic N) is 1. The molecule has 0 bridgehead atoms. The Balaban J connectivity index is 2.32. The quantitative estimate of drug-likeness (QED) is 0.819. The van der Waals surface area contributed by atoms with Crippen molar-refractivity contribution in [2.45, 2.75) is 31.7 Å². The third-order valence-electron chi connectivity index (χ3n) is 3.74. The van der Waals surface area contributed by atoms with Gasteiger partial charge in [-0.2, -0.15) is 4.39 Å². The van der Waals surface area contributed by atoms with E-state index in [0.717, 1.165) is 19.3 Å². The molecule has 0 saturated heterocycles. The Bertz CT molecular complexity index is 548. The molecule has 0 aliphatic heterocycles. The van der Waals surface area contributed by atoms with E-state index in [1.807, 2.05) is 0 Å². The van der Waals surface area contributed by atoms with Gasteiger partial charge in [0.2, 0.25) is 5.82 Å². The molecule has 0 atom stereocenters. The predicted octanol–water partition coefficient (Wildman–Crippen LogP) is 2.15. The Kier molecular flexibility index (Phi) is 4.72. The molecule has 0 spiro atoms. The van der Waals surface area contributed by atoms with E-state index in [2.05, 4.69) is 0 Å². The van der Waals surface area contributed by atoms with E-state index in [9.17, 15) is 23.1 Å². The standard InChI is InChI=1S/C14H17F3N2O2/c15-10-7-9(11(16)13(20)12(10)17)14(21)19(6-2-5-18)8-3-1-4-8/h7-8,20H,1-6,18H2. The molecular weight excluding hydrogens is 285 g/mol. The molecule has 21 heavy (non-hydrogen) atoms. The first-order chi connectivity index (χ1) is 9.97. The Morgan fingerprint density at radius 1 is 1.33 bits per heavy atom. The molecule has 4 nitrogen and oxygen atoms in total. The summed E-state index contributed by atoms with van der Waals surface area (Å²) in [6.07, 6.45) is 3.06. The molecule has 1 aliphatic rings. The van der Waals surface area contributed by atoms with Gasteiger partial charge in [0, 0.05) is 12.6 Å². The molecule has 1 aromatic carbocycles. The molecule has 1 aromatic rings. The minimum atomic E-state index is -1.69. The first kappa shape index (κ1) is 15.6. The highest BCUT2D eigenvalue weighted by atomic mass is 19.2. The van der Waals surface area contributed by atoms with Crippen molar-refractivity contribution in [2.24, 2.45) is 5.73 Å². The summed E-state index contributed by atoms with van der Waals surface area (Å²) in [7, 11) is 0. The average molecular weight is 302 g/mol. The molecule has 1 aliphatic carbocycles. The van der Waals surface area contributed by atoms with Gasteiger partial charge >= 0.3 is 0 Å². The van der Waals surface area contributed by atoms with Gasteiger partial charge in [-0.05, 0) is 38.3 Å². The van der Waals surface area contributed by atoms with Crippen LogP contribution in [-0.4, -0.2) is 35.0 Å². The lowest BCUT2D eigenvalue weighted by molar-refractivity contribution is 0.0572. The van der Waals surface area contributed by atoms with Crippen molar-refractivity contribution < 1.29 is 23.1 Å². The van der Waals surface area contributed by atoms with Crippen LogP contribution in [0.3, 0.4) is 0 Å². The number of rotatable bonds is 5. The number of hydrogen-bond donors (Lipinski definition) is 2. The summed E-state index contributed by atoms with van der Waals surface area (Å²) >= 11 is 0. The van der Waals surface area contributed by atoms with E-state index in [4.69, 9.17) is 5.73 Å². The van der Waals surface area contributed by atoms with Crippen molar-refractivity contribution in [1.82, 2.24) is 4.90 Å². The topological polar surface area (TPSA) is 66.6 Å². The number of amides is 1. The van der Waals surface area contributed by atoms with E-state index >= 15 is 0 Å². The van der Waals surface area contributed by atoms with Crippen LogP contribution in [0.4, 0.5) is 13.2 Å². The summed E-state index contributed by atoms with van der Waals surface area (Å²) in [5.41, 5.74) is 4.75. The molecule has 116 valence electrons. The Morgan fingerprint density at radius 2 is 2.00 bits per heavy atom. The van der Waals surface area contributed by atoms with Crippen molar-refractivity contribution in [3.63, 3.8) is 0 Å². The summed E-state index contributed by atoms with van der Waals surface area (Å²) in [4.78, 5) is 13.8. The number of hydrogen-bond acceptors (Lipinski definition) is 3. The van der Waals surface area contributed by atoms with Crippen molar-refractivity contribution in [2.75, 3.05) is 13.1 Å². The monoisotopic (exact) mass is 302 g/mol. The maximum Gasteiger partial charge on any atom is 0.257 e.